The molecule has 0 aromatic heterocycles. The van der Waals surface area contributed by atoms with Crippen molar-refractivity contribution in [3.8, 4) is 0 Å². The SMILES string of the molecule is CCCNC(C(=O)OCC)c1cc(F)ccc1C. The van der Waals surface area contributed by atoms with Gasteiger partial charge in [-0.3, -0.25) is 0 Å². The summed E-state index contributed by atoms with van der Waals surface area (Å²) in [5.74, 6) is -0.706. The maximum Gasteiger partial charge on any atom is 0.327 e. The van der Waals surface area contributed by atoms with Crippen molar-refractivity contribution in [2.75, 3.05) is 13.2 Å². The first-order chi connectivity index (χ1) is 8.60. The summed E-state index contributed by atoms with van der Waals surface area (Å²) in [6, 6.07) is 3.85. The molecule has 100 valence electrons. The van der Waals surface area contributed by atoms with E-state index >= 15 is 0 Å². The first-order valence-electron chi connectivity index (χ1n) is 6.26. The van der Waals surface area contributed by atoms with Crippen molar-refractivity contribution in [3.05, 3.63) is 35.1 Å². The lowest BCUT2D eigenvalue weighted by Crippen LogP contribution is -2.31. The Morgan fingerprint density at radius 3 is 2.78 bits per heavy atom. The average molecular weight is 253 g/mol. The van der Waals surface area contributed by atoms with E-state index in [4.69, 9.17) is 4.74 Å². The molecule has 1 rings (SSSR count). The second-order valence-electron chi connectivity index (χ2n) is 4.14. The van der Waals surface area contributed by atoms with Gasteiger partial charge >= 0.3 is 5.97 Å². The molecule has 0 aliphatic heterocycles. The lowest BCUT2D eigenvalue weighted by atomic mass is 10.0. The Hall–Kier alpha value is -1.42. The number of esters is 1. The Morgan fingerprint density at radius 1 is 1.44 bits per heavy atom. The van der Waals surface area contributed by atoms with Crippen LogP contribution in [0.1, 0.15) is 37.4 Å². The number of halogens is 1. The fraction of sp³-hybridized carbons (Fsp3) is 0.500. The van der Waals surface area contributed by atoms with Crippen molar-refractivity contribution in [3.63, 3.8) is 0 Å². The minimum atomic E-state index is -0.597. The van der Waals surface area contributed by atoms with Gasteiger partial charge in [-0.05, 0) is 50.1 Å². The highest BCUT2D eigenvalue weighted by Crippen LogP contribution is 2.20. The molecular weight excluding hydrogens is 233 g/mol. The number of carbonyl (C=O) groups excluding carboxylic acids is 1. The van der Waals surface area contributed by atoms with Crippen LogP contribution in [0.2, 0.25) is 0 Å². The zero-order valence-corrected chi connectivity index (χ0v) is 11.1. The van der Waals surface area contributed by atoms with E-state index in [0.29, 0.717) is 18.7 Å². The third kappa shape index (κ3) is 3.81. The normalized spacial score (nSPS) is 12.2. The number of aryl methyl sites for hydroxylation is 1. The van der Waals surface area contributed by atoms with E-state index in [2.05, 4.69) is 5.32 Å². The summed E-state index contributed by atoms with van der Waals surface area (Å²) < 4.78 is 18.3. The van der Waals surface area contributed by atoms with E-state index in [9.17, 15) is 9.18 Å². The molecule has 0 amide bonds. The highest BCUT2D eigenvalue weighted by atomic mass is 19.1. The van der Waals surface area contributed by atoms with Crippen molar-refractivity contribution in [1.29, 1.82) is 0 Å². The third-order valence-corrected chi connectivity index (χ3v) is 2.67. The van der Waals surface area contributed by atoms with Gasteiger partial charge in [-0.2, -0.15) is 0 Å². The molecule has 4 heteroatoms. The molecule has 0 bridgehead atoms. The minimum absolute atomic E-state index is 0.317. The Balaban J connectivity index is 3.00. The number of ether oxygens (including phenoxy) is 1. The summed E-state index contributed by atoms with van der Waals surface area (Å²) in [4.78, 5) is 11.9. The monoisotopic (exact) mass is 253 g/mol. The van der Waals surface area contributed by atoms with Crippen LogP contribution in [0.15, 0.2) is 18.2 Å². The van der Waals surface area contributed by atoms with Crippen molar-refractivity contribution in [2.24, 2.45) is 0 Å². The second kappa shape index (κ2) is 7.11. The molecule has 1 unspecified atom stereocenters. The maximum absolute atomic E-state index is 13.3. The molecule has 0 radical (unpaired) electrons. The predicted molar refractivity (Wildman–Crippen MR) is 68.8 cm³/mol. The minimum Gasteiger partial charge on any atom is -0.465 e. The number of hydrogen-bond acceptors (Lipinski definition) is 3. The number of nitrogens with one attached hydrogen (secondary N) is 1. The van der Waals surface area contributed by atoms with Gasteiger partial charge in [-0.15, -0.1) is 0 Å². The molecule has 0 heterocycles. The van der Waals surface area contributed by atoms with Crippen molar-refractivity contribution in [1.82, 2.24) is 5.32 Å². The van der Waals surface area contributed by atoms with Crippen LogP contribution in [0.4, 0.5) is 4.39 Å². The van der Waals surface area contributed by atoms with Crippen LogP contribution in [0.5, 0.6) is 0 Å². The van der Waals surface area contributed by atoms with E-state index in [-0.39, 0.29) is 11.8 Å². The Kier molecular flexibility index (Phi) is 5.78. The molecule has 1 aromatic rings. The number of benzene rings is 1. The summed E-state index contributed by atoms with van der Waals surface area (Å²) in [5.41, 5.74) is 1.51. The maximum atomic E-state index is 13.3. The van der Waals surface area contributed by atoms with Crippen molar-refractivity contribution in [2.45, 2.75) is 33.2 Å². The molecule has 18 heavy (non-hydrogen) atoms. The van der Waals surface area contributed by atoms with Crippen LogP contribution >= 0.6 is 0 Å². The third-order valence-electron chi connectivity index (χ3n) is 2.67. The zero-order chi connectivity index (χ0) is 13.5. The number of hydrogen-bond donors (Lipinski definition) is 1. The van der Waals surface area contributed by atoms with Gasteiger partial charge in [-0.1, -0.05) is 13.0 Å². The lowest BCUT2D eigenvalue weighted by Gasteiger charge is -2.19. The van der Waals surface area contributed by atoms with Crippen LogP contribution in [0, 0.1) is 12.7 Å². The van der Waals surface area contributed by atoms with Gasteiger partial charge < -0.3 is 10.1 Å². The lowest BCUT2D eigenvalue weighted by molar-refractivity contribution is -0.145. The summed E-state index contributed by atoms with van der Waals surface area (Å²) in [6.07, 6.45) is 0.893. The van der Waals surface area contributed by atoms with E-state index in [0.717, 1.165) is 12.0 Å². The van der Waals surface area contributed by atoms with Gasteiger partial charge in [-0.25, -0.2) is 9.18 Å². The fourth-order valence-corrected chi connectivity index (χ4v) is 1.76. The number of carbonyl (C=O) groups is 1. The van der Waals surface area contributed by atoms with Crippen LogP contribution in [0.25, 0.3) is 0 Å². The zero-order valence-electron chi connectivity index (χ0n) is 11.1. The van der Waals surface area contributed by atoms with Crippen LogP contribution in [-0.2, 0) is 9.53 Å². The van der Waals surface area contributed by atoms with Gasteiger partial charge in [0, 0.05) is 0 Å². The quantitative estimate of drug-likeness (QED) is 0.792. The fourth-order valence-electron chi connectivity index (χ4n) is 1.76. The molecule has 1 atom stereocenters. The highest BCUT2D eigenvalue weighted by molar-refractivity contribution is 5.78. The Labute approximate surface area is 107 Å². The smallest absolute Gasteiger partial charge is 0.327 e. The molecule has 1 aromatic carbocycles. The van der Waals surface area contributed by atoms with E-state index in [1.165, 1.54) is 12.1 Å². The Morgan fingerprint density at radius 2 is 2.17 bits per heavy atom. The summed E-state index contributed by atoms with van der Waals surface area (Å²) in [6.45, 7) is 6.62. The molecule has 0 saturated heterocycles. The highest BCUT2D eigenvalue weighted by Gasteiger charge is 2.23. The van der Waals surface area contributed by atoms with E-state index < -0.39 is 6.04 Å². The largest absolute Gasteiger partial charge is 0.465 e. The predicted octanol–water partition coefficient (Wildman–Crippen LogP) is 2.74. The topological polar surface area (TPSA) is 38.3 Å². The van der Waals surface area contributed by atoms with Gasteiger partial charge in [0.2, 0.25) is 0 Å². The van der Waals surface area contributed by atoms with Crippen LogP contribution in [-0.4, -0.2) is 19.1 Å². The first-order valence-corrected chi connectivity index (χ1v) is 6.26. The standard InChI is InChI=1S/C14H20FNO2/c1-4-8-16-13(14(17)18-5-2)12-9-11(15)7-6-10(12)3/h6-7,9,13,16H,4-5,8H2,1-3H3. The van der Waals surface area contributed by atoms with E-state index in [1.807, 2.05) is 13.8 Å². The molecule has 0 aliphatic carbocycles. The van der Waals surface area contributed by atoms with Gasteiger partial charge in [0.1, 0.15) is 11.9 Å². The molecule has 3 nitrogen and oxygen atoms in total. The molecular formula is C14H20FNO2. The van der Waals surface area contributed by atoms with Crippen LogP contribution in [0.3, 0.4) is 0 Å². The average Bonchev–Trinajstić information content (AvgIpc) is 2.34. The molecule has 0 saturated carbocycles. The molecule has 0 fully saturated rings. The Bertz CT molecular complexity index is 407. The second-order valence-corrected chi connectivity index (χ2v) is 4.14. The summed E-state index contributed by atoms with van der Waals surface area (Å²) in [5, 5.41) is 3.10. The summed E-state index contributed by atoms with van der Waals surface area (Å²) in [7, 11) is 0. The summed E-state index contributed by atoms with van der Waals surface area (Å²) >= 11 is 0. The van der Waals surface area contributed by atoms with Crippen molar-refractivity contribution >= 4 is 5.97 Å². The molecule has 1 N–H and O–H groups in total. The van der Waals surface area contributed by atoms with E-state index in [1.54, 1.807) is 13.0 Å². The van der Waals surface area contributed by atoms with Crippen LogP contribution < -0.4 is 5.32 Å². The number of rotatable bonds is 6. The molecule has 0 aliphatic rings. The molecule has 0 spiro atoms. The van der Waals surface area contributed by atoms with Gasteiger partial charge in [0.15, 0.2) is 0 Å². The van der Waals surface area contributed by atoms with Gasteiger partial charge in [0.05, 0.1) is 6.61 Å². The van der Waals surface area contributed by atoms with Gasteiger partial charge in [0.25, 0.3) is 0 Å². The first kappa shape index (κ1) is 14.6. The van der Waals surface area contributed by atoms with Crippen molar-refractivity contribution < 1.29 is 13.9 Å².